The van der Waals surface area contributed by atoms with Crippen molar-refractivity contribution < 1.29 is 9.47 Å². The largest absolute Gasteiger partial charge is 0.458 e. The SMILES string of the molecule is c1ccc(-c2ccc3c(c2)B2c4cc(-c5cccnc5)ccc4Oc4cccc(c42)O3)cc1. The highest BCUT2D eigenvalue weighted by molar-refractivity contribution is 6.98. The van der Waals surface area contributed by atoms with E-state index in [2.05, 4.69) is 71.7 Å². The zero-order valence-electron chi connectivity index (χ0n) is 17.7. The summed E-state index contributed by atoms with van der Waals surface area (Å²) >= 11 is 0. The lowest BCUT2D eigenvalue weighted by Crippen LogP contribution is -2.57. The zero-order chi connectivity index (χ0) is 21.8. The molecule has 0 unspecified atom stereocenters. The topological polar surface area (TPSA) is 31.4 Å². The van der Waals surface area contributed by atoms with E-state index >= 15 is 0 Å². The Bertz CT molecular complexity index is 1400. The molecule has 0 spiro atoms. The third-order valence-electron chi connectivity index (χ3n) is 6.50. The van der Waals surface area contributed by atoms with E-state index in [1.807, 2.05) is 36.5 Å². The van der Waals surface area contributed by atoms with Crippen LogP contribution < -0.4 is 25.9 Å². The number of nitrogens with zero attached hydrogens (tertiary/aromatic N) is 1. The molecule has 0 bridgehead atoms. The third kappa shape index (κ3) is 2.88. The number of aromatic nitrogens is 1. The molecule has 0 fully saturated rings. The third-order valence-corrected chi connectivity index (χ3v) is 6.50. The van der Waals surface area contributed by atoms with Crippen LogP contribution >= 0.6 is 0 Å². The van der Waals surface area contributed by atoms with Crippen LogP contribution in [0.1, 0.15) is 0 Å². The fraction of sp³-hybridized carbons (Fsp3) is 0. The van der Waals surface area contributed by atoms with E-state index in [0.29, 0.717) is 0 Å². The highest BCUT2D eigenvalue weighted by Gasteiger charge is 2.40. The number of hydrogen-bond acceptors (Lipinski definition) is 3. The number of pyridine rings is 1. The molecule has 0 amide bonds. The first-order valence-electron chi connectivity index (χ1n) is 11.1. The second-order valence-corrected chi connectivity index (χ2v) is 8.42. The predicted octanol–water partition coefficient (Wildman–Crippen LogP) is 5.14. The number of hydrogen-bond donors (Lipinski definition) is 0. The Hall–Kier alpha value is -4.31. The Morgan fingerprint density at radius 2 is 1.15 bits per heavy atom. The molecule has 5 aromatic rings. The summed E-state index contributed by atoms with van der Waals surface area (Å²) in [4.78, 5) is 4.30. The normalized spacial score (nSPS) is 12.7. The van der Waals surface area contributed by atoms with Crippen LogP contribution in [-0.2, 0) is 0 Å². The Labute approximate surface area is 192 Å². The lowest BCUT2D eigenvalue weighted by molar-refractivity contribution is 0.464. The predicted molar refractivity (Wildman–Crippen MR) is 133 cm³/mol. The van der Waals surface area contributed by atoms with E-state index in [4.69, 9.17) is 9.47 Å². The molecule has 33 heavy (non-hydrogen) atoms. The van der Waals surface area contributed by atoms with Crippen molar-refractivity contribution >= 4 is 23.1 Å². The standard InChI is InChI=1S/C29H18BNO2/c1-2-6-19(7-3-1)20-11-13-25-23(16-20)30-24-17-21(22-8-5-15-31-18-22)12-14-26(24)33-28-10-4-9-27(32-25)29(28)30/h1-18H. The van der Waals surface area contributed by atoms with E-state index in [1.54, 1.807) is 6.20 Å². The molecule has 1 aromatic heterocycles. The van der Waals surface area contributed by atoms with Crippen molar-refractivity contribution in [2.45, 2.75) is 0 Å². The van der Waals surface area contributed by atoms with E-state index in [1.165, 1.54) is 11.1 Å². The molecule has 0 atom stereocenters. The van der Waals surface area contributed by atoms with Crippen molar-refractivity contribution in [3.05, 3.63) is 109 Å². The van der Waals surface area contributed by atoms with Crippen molar-refractivity contribution in [3.63, 3.8) is 0 Å². The average Bonchev–Trinajstić information content (AvgIpc) is 2.89. The average molecular weight is 423 g/mol. The van der Waals surface area contributed by atoms with Crippen LogP contribution in [0.4, 0.5) is 0 Å². The molecular weight excluding hydrogens is 405 g/mol. The van der Waals surface area contributed by atoms with Gasteiger partial charge in [-0.2, -0.15) is 0 Å². The van der Waals surface area contributed by atoms with Gasteiger partial charge < -0.3 is 9.47 Å². The molecule has 0 saturated heterocycles. The van der Waals surface area contributed by atoms with E-state index < -0.39 is 0 Å². The fourth-order valence-corrected chi connectivity index (χ4v) is 4.96. The summed E-state index contributed by atoms with van der Waals surface area (Å²) < 4.78 is 12.7. The van der Waals surface area contributed by atoms with Gasteiger partial charge in [0.15, 0.2) is 0 Å². The maximum absolute atomic E-state index is 6.36. The summed E-state index contributed by atoms with van der Waals surface area (Å²) in [6.45, 7) is 0.0315. The molecular formula is C29H18BNO2. The van der Waals surface area contributed by atoms with Gasteiger partial charge in [0, 0.05) is 17.9 Å². The quantitative estimate of drug-likeness (QED) is 0.361. The molecule has 0 aliphatic carbocycles. The monoisotopic (exact) mass is 423 g/mol. The summed E-state index contributed by atoms with van der Waals surface area (Å²) in [5.74, 6) is 3.49. The minimum absolute atomic E-state index is 0.0315. The molecule has 0 N–H and O–H groups in total. The number of rotatable bonds is 2. The first-order valence-corrected chi connectivity index (χ1v) is 11.1. The van der Waals surface area contributed by atoms with Gasteiger partial charge in [-0.1, -0.05) is 66.7 Å². The van der Waals surface area contributed by atoms with E-state index in [9.17, 15) is 0 Å². The lowest BCUT2D eigenvalue weighted by Gasteiger charge is -2.33. The molecule has 4 heteroatoms. The highest BCUT2D eigenvalue weighted by Crippen LogP contribution is 2.36. The van der Waals surface area contributed by atoms with Crippen LogP contribution in [0, 0.1) is 0 Å². The maximum Gasteiger partial charge on any atom is 0.260 e. The van der Waals surface area contributed by atoms with Gasteiger partial charge >= 0.3 is 0 Å². The smallest absolute Gasteiger partial charge is 0.260 e. The van der Waals surface area contributed by atoms with Crippen LogP contribution in [0.5, 0.6) is 23.0 Å². The highest BCUT2D eigenvalue weighted by atomic mass is 16.5. The molecule has 154 valence electrons. The van der Waals surface area contributed by atoms with Gasteiger partial charge in [-0.15, -0.1) is 0 Å². The summed E-state index contributed by atoms with van der Waals surface area (Å²) in [5, 5.41) is 0. The Morgan fingerprint density at radius 1 is 0.515 bits per heavy atom. The summed E-state index contributed by atoms with van der Waals surface area (Å²) in [6, 6.07) is 33.5. The minimum Gasteiger partial charge on any atom is -0.458 e. The first kappa shape index (κ1) is 18.3. The Morgan fingerprint density at radius 3 is 1.79 bits per heavy atom. The minimum atomic E-state index is 0.0315. The number of fused-ring (bicyclic) bond motifs is 4. The van der Waals surface area contributed by atoms with E-state index in [0.717, 1.165) is 50.5 Å². The number of benzene rings is 4. The van der Waals surface area contributed by atoms with Crippen molar-refractivity contribution in [2.75, 3.05) is 0 Å². The molecule has 4 aromatic carbocycles. The van der Waals surface area contributed by atoms with E-state index in [-0.39, 0.29) is 6.71 Å². The Balaban J connectivity index is 1.46. The van der Waals surface area contributed by atoms with Gasteiger partial charge in [-0.25, -0.2) is 0 Å². The van der Waals surface area contributed by atoms with Crippen LogP contribution in [0.3, 0.4) is 0 Å². The van der Waals surface area contributed by atoms with Gasteiger partial charge in [0.2, 0.25) is 0 Å². The van der Waals surface area contributed by atoms with Crippen molar-refractivity contribution in [1.29, 1.82) is 0 Å². The Kier molecular flexibility index (Phi) is 3.94. The molecule has 0 radical (unpaired) electrons. The van der Waals surface area contributed by atoms with Gasteiger partial charge in [0.25, 0.3) is 6.71 Å². The van der Waals surface area contributed by atoms with Gasteiger partial charge in [0.1, 0.15) is 23.0 Å². The molecule has 2 aliphatic rings. The second kappa shape index (κ2) is 7.11. The van der Waals surface area contributed by atoms with Crippen LogP contribution in [0.25, 0.3) is 22.3 Å². The van der Waals surface area contributed by atoms with Gasteiger partial charge in [-0.3, -0.25) is 4.98 Å². The van der Waals surface area contributed by atoms with Crippen LogP contribution in [-0.4, -0.2) is 11.7 Å². The molecule has 7 rings (SSSR count). The first-order chi connectivity index (χ1) is 16.3. The summed E-state index contributed by atoms with van der Waals surface area (Å²) in [5.41, 5.74) is 7.97. The summed E-state index contributed by atoms with van der Waals surface area (Å²) in [7, 11) is 0. The second-order valence-electron chi connectivity index (χ2n) is 8.42. The molecule has 3 heterocycles. The van der Waals surface area contributed by atoms with Crippen molar-refractivity contribution in [2.24, 2.45) is 0 Å². The van der Waals surface area contributed by atoms with Gasteiger partial charge in [0.05, 0.1) is 0 Å². The molecule has 2 aliphatic heterocycles. The van der Waals surface area contributed by atoms with Crippen LogP contribution in [0.15, 0.2) is 109 Å². The van der Waals surface area contributed by atoms with Crippen molar-refractivity contribution in [1.82, 2.24) is 4.98 Å². The van der Waals surface area contributed by atoms with Gasteiger partial charge in [-0.05, 0) is 63.5 Å². The summed E-state index contributed by atoms with van der Waals surface area (Å²) in [6.07, 6.45) is 3.70. The molecule has 3 nitrogen and oxygen atoms in total. The van der Waals surface area contributed by atoms with Crippen LogP contribution in [0.2, 0.25) is 0 Å². The van der Waals surface area contributed by atoms with Crippen molar-refractivity contribution in [3.8, 4) is 45.3 Å². The fourth-order valence-electron chi connectivity index (χ4n) is 4.96. The number of ether oxygens (including phenoxy) is 2. The lowest BCUT2D eigenvalue weighted by atomic mass is 9.34. The maximum atomic E-state index is 6.36. The molecule has 0 saturated carbocycles. The zero-order valence-corrected chi connectivity index (χ0v) is 17.7.